The molecule has 2 amide bonds. The summed E-state index contributed by atoms with van der Waals surface area (Å²) in [7, 11) is 1.72. The monoisotopic (exact) mass is 478 g/mol. The van der Waals surface area contributed by atoms with Crippen molar-refractivity contribution < 1.29 is 19.4 Å². The second-order valence-electron chi connectivity index (χ2n) is 9.58. The van der Waals surface area contributed by atoms with Crippen LogP contribution in [0.1, 0.15) is 65.9 Å². The third-order valence-electron chi connectivity index (χ3n) is 6.87. The summed E-state index contributed by atoms with van der Waals surface area (Å²) in [5.74, 6) is -0.244. The maximum atomic E-state index is 13.6. The quantitative estimate of drug-likeness (QED) is 0.684. The van der Waals surface area contributed by atoms with E-state index in [4.69, 9.17) is 4.74 Å². The van der Waals surface area contributed by atoms with Crippen molar-refractivity contribution in [1.29, 1.82) is 0 Å². The molecule has 1 aliphatic carbocycles. The summed E-state index contributed by atoms with van der Waals surface area (Å²) in [5.41, 5.74) is 2.89. The van der Waals surface area contributed by atoms with E-state index in [1.807, 2.05) is 19.9 Å². The summed E-state index contributed by atoms with van der Waals surface area (Å²) in [4.78, 5) is 38.5. The molecule has 2 aromatic rings. The smallest absolute Gasteiger partial charge is 0.272 e. The molecule has 3 atom stereocenters. The molecule has 8 heteroatoms. The average Bonchev–Trinajstić information content (AvgIpc) is 2.90. The number of fused-ring (bicyclic) bond motifs is 1. The normalized spacial score (nSPS) is 21.2. The van der Waals surface area contributed by atoms with Crippen LogP contribution in [-0.4, -0.2) is 75.6 Å². The van der Waals surface area contributed by atoms with E-state index in [0.29, 0.717) is 24.3 Å². The van der Waals surface area contributed by atoms with Gasteiger partial charge in [0.15, 0.2) is 0 Å². The number of carbonyl (C=O) groups is 2. The first kappa shape index (κ1) is 24.9. The van der Waals surface area contributed by atoms with Crippen LogP contribution < -0.4 is 4.74 Å². The first-order chi connectivity index (χ1) is 16.9. The van der Waals surface area contributed by atoms with E-state index >= 15 is 0 Å². The highest BCUT2D eigenvalue weighted by Crippen LogP contribution is 2.32. The van der Waals surface area contributed by atoms with Gasteiger partial charge >= 0.3 is 0 Å². The number of aliphatic hydroxyl groups is 1. The summed E-state index contributed by atoms with van der Waals surface area (Å²) in [6.07, 6.45) is 9.48. The van der Waals surface area contributed by atoms with Gasteiger partial charge in [0.25, 0.3) is 11.8 Å². The second-order valence-corrected chi connectivity index (χ2v) is 9.58. The van der Waals surface area contributed by atoms with Crippen LogP contribution in [0.4, 0.5) is 0 Å². The van der Waals surface area contributed by atoms with Crippen LogP contribution in [0.25, 0.3) is 5.57 Å². The minimum atomic E-state index is -0.403. The molecule has 0 saturated heterocycles. The number of hydrogen-bond acceptors (Lipinski definition) is 6. The minimum Gasteiger partial charge on any atom is -0.472 e. The topological polar surface area (TPSA) is 95.9 Å². The van der Waals surface area contributed by atoms with Gasteiger partial charge in [0, 0.05) is 31.9 Å². The summed E-state index contributed by atoms with van der Waals surface area (Å²) in [6.45, 7) is 4.37. The van der Waals surface area contributed by atoms with Crippen molar-refractivity contribution >= 4 is 17.4 Å². The van der Waals surface area contributed by atoms with E-state index < -0.39 is 6.10 Å². The lowest BCUT2D eigenvalue weighted by Gasteiger charge is -2.37. The fraction of sp³-hybridized carbons (Fsp3) is 0.481. The van der Waals surface area contributed by atoms with Crippen LogP contribution in [0.15, 0.2) is 42.7 Å². The van der Waals surface area contributed by atoms with Gasteiger partial charge in [0.2, 0.25) is 5.88 Å². The molecule has 35 heavy (non-hydrogen) atoms. The Morgan fingerprint density at radius 3 is 2.83 bits per heavy atom. The number of pyridine rings is 2. The molecular weight excluding hydrogens is 444 g/mol. The molecule has 0 bridgehead atoms. The lowest BCUT2D eigenvalue weighted by atomic mass is 9.93. The molecule has 3 heterocycles. The number of aromatic nitrogens is 2. The number of allylic oxidation sites excluding steroid dienone is 2. The third kappa shape index (κ3) is 5.53. The van der Waals surface area contributed by atoms with Crippen LogP contribution in [0.5, 0.6) is 5.88 Å². The highest BCUT2D eigenvalue weighted by molar-refractivity contribution is 5.97. The molecule has 2 aliphatic rings. The predicted molar refractivity (Wildman–Crippen MR) is 133 cm³/mol. The molecule has 0 unspecified atom stereocenters. The van der Waals surface area contributed by atoms with E-state index in [1.165, 1.54) is 12.0 Å². The molecule has 186 valence electrons. The summed E-state index contributed by atoms with van der Waals surface area (Å²) in [6, 6.07) is 6.74. The van der Waals surface area contributed by atoms with Gasteiger partial charge in [-0.15, -0.1) is 0 Å². The Balaban J connectivity index is 1.66. The van der Waals surface area contributed by atoms with Crippen molar-refractivity contribution in [3.05, 3.63) is 59.6 Å². The Morgan fingerprint density at radius 1 is 1.31 bits per heavy atom. The van der Waals surface area contributed by atoms with Gasteiger partial charge in [-0.05, 0) is 61.9 Å². The number of carbonyl (C=O) groups excluding carboxylic acids is 2. The summed E-state index contributed by atoms with van der Waals surface area (Å²) in [5, 5.41) is 9.86. The van der Waals surface area contributed by atoms with Crippen molar-refractivity contribution in [3.8, 4) is 5.88 Å². The van der Waals surface area contributed by atoms with Gasteiger partial charge in [0.1, 0.15) is 17.4 Å². The number of ether oxygens (including phenoxy) is 1. The summed E-state index contributed by atoms with van der Waals surface area (Å²) < 4.78 is 6.33. The highest BCUT2D eigenvalue weighted by Gasteiger charge is 2.35. The standard InChI is InChI=1S/C27H34N4O4/c1-18-15-31(19(2)17-32)26(33)22-13-21(20-9-5-4-6-10-20)14-29-25(22)35-24(18)16-30(3)27(34)23-11-7-8-12-28-23/h7-9,11-14,18-19,24,32H,4-6,10,15-17H2,1-3H3/t18-,19+,24-/m0/s1. The zero-order valence-corrected chi connectivity index (χ0v) is 20.7. The fourth-order valence-electron chi connectivity index (χ4n) is 4.63. The van der Waals surface area contributed by atoms with E-state index in [0.717, 1.165) is 24.8 Å². The van der Waals surface area contributed by atoms with Crippen molar-refractivity contribution in [2.75, 3.05) is 26.7 Å². The number of aliphatic hydroxyl groups excluding tert-OH is 1. The zero-order chi connectivity index (χ0) is 24.9. The van der Waals surface area contributed by atoms with Gasteiger partial charge in [-0.2, -0.15) is 0 Å². The predicted octanol–water partition coefficient (Wildman–Crippen LogP) is 3.43. The molecule has 0 spiro atoms. The van der Waals surface area contributed by atoms with Gasteiger partial charge in [-0.1, -0.05) is 19.1 Å². The number of nitrogens with zero attached hydrogens (tertiary/aromatic N) is 4. The molecule has 2 aromatic heterocycles. The minimum absolute atomic E-state index is 0.109. The van der Waals surface area contributed by atoms with Gasteiger partial charge in [-0.25, -0.2) is 4.98 Å². The molecule has 1 aliphatic heterocycles. The SMILES string of the molecule is C[C@H](CO)N1C[C@H](C)[C@H](CN(C)C(=O)c2ccccn2)Oc2ncc(C3=CCCCC3)cc2C1=O. The molecule has 0 saturated carbocycles. The number of rotatable bonds is 6. The van der Waals surface area contributed by atoms with Crippen molar-refractivity contribution in [2.45, 2.75) is 51.7 Å². The Labute approximate surface area is 206 Å². The molecule has 1 N–H and O–H groups in total. The Kier molecular flexibility index (Phi) is 7.80. The Bertz CT molecular complexity index is 1090. The molecule has 0 radical (unpaired) electrons. The van der Waals surface area contributed by atoms with Crippen molar-refractivity contribution in [3.63, 3.8) is 0 Å². The van der Waals surface area contributed by atoms with E-state index in [-0.39, 0.29) is 36.3 Å². The Hall–Kier alpha value is -3.26. The third-order valence-corrected chi connectivity index (χ3v) is 6.87. The molecule has 0 fully saturated rings. The number of amides is 2. The lowest BCUT2D eigenvalue weighted by Crippen LogP contribution is -2.50. The van der Waals surface area contributed by atoms with E-state index in [2.05, 4.69) is 16.0 Å². The number of hydrogen-bond donors (Lipinski definition) is 1. The fourth-order valence-corrected chi connectivity index (χ4v) is 4.63. The van der Waals surface area contributed by atoms with Crippen LogP contribution in [0, 0.1) is 5.92 Å². The Morgan fingerprint density at radius 2 is 2.14 bits per heavy atom. The maximum absolute atomic E-state index is 13.6. The van der Waals surface area contributed by atoms with Crippen LogP contribution in [0.2, 0.25) is 0 Å². The van der Waals surface area contributed by atoms with Crippen molar-refractivity contribution in [1.82, 2.24) is 19.8 Å². The lowest BCUT2D eigenvalue weighted by molar-refractivity contribution is 0.0312. The van der Waals surface area contributed by atoms with Gasteiger partial charge < -0.3 is 19.6 Å². The van der Waals surface area contributed by atoms with Crippen molar-refractivity contribution in [2.24, 2.45) is 5.92 Å². The largest absolute Gasteiger partial charge is 0.472 e. The van der Waals surface area contributed by atoms with E-state index in [9.17, 15) is 14.7 Å². The number of likely N-dealkylation sites (N-methyl/N-ethyl adjacent to an activating group) is 1. The maximum Gasteiger partial charge on any atom is 0.272 e. The van der Waals surface area contributed by atoms with Crippen LogP contribution >= 0.6 is 0 Å². The van der Waals surface area contributed by atoms with Crippen LogP contribution in [0.3, 0.4) is 0 Å². The van der Waals surface area contributed by atoms with Gasteiger partial charge in [0.05, 0.1) is 19.2 Å². The second kappa shape index (κ2) is 11.0. The first-order valence-electron chi connectivity index (χ1n) is 12.3. The average molecular weight is 479 g/mol. The summed E-state index contributed by atoms with van der Waals surface area (Å²) >= 11 is 0. The highest BCUT2D eigenvalue weighted by atomic mass is 16.5. The van der Waals surface area contributed by atoms with Crippen LogP contribution in [-0.2, 0) is 0 Å². The van der Waals surface area contributed by atoms with E-state index in [1.54, 1.807) is 47.4 Å². The molecule has 8 nitrogen and oxygen atoms in total. The molecule has 0 aromatic carbocycles. The first-order valence-corrected chi connectivity index (χ1v) is 12.3. The molecule has 4 rings (SSSR count). The van der Waals surface area contributed by atoms with Gasteiger partial charge in [-0.3, -0.25) is 14.6 Å². The zero-order valence-electron chi connectivity index (χ0n) is 20.7. The molecular formula is C27H34N4O4.